The highest BCUT2D eigenvalue weighted by Gasteiger charge is 2.32. The van der Waals surface area contributed by atoms with E-state index in [4.69, 9.17) is 11.6 Å². The number of carbonyl (C=O) groups is 1. The molecule has 2 saturated heterocycles. The molecule has 3 rings (SSSR count). The van der Waals surface area contributed by atoms with Crippen molar-refractivity contribution in [3.8, 4) is 0 Å². The molecule has 114 valence electrons. The molecule has 0 aliphatic carbocycles. The summed E-state index contributed by atoms with van der Waals surface area (Å²) in [4.78, 5) is 14.4. The molecule has 5 heteroatoms. The molecule has 4 nitrogen and oxygen atoms in total. The average Bonchev–Trinajstić information content (AvgIpc) is 2.92. The van der Waals surface area contributed by atoms with Gasteiger partial charge in [0.15, 0.2) is 0 Å². The Hall–Kier alpha value is -1.10. The zero-order valence-corrected chi connectivity index (χ0v) is 12.9. The second kappa shape index (κ2) is 6.77. The number of anilines is 1. The highest BCUT2D eigenvalue weighted by atomic mass is 35.5. The molecule has 2 heterocycles. The van der Waals surface area contributed by atoms with Crippen molar-refractivity contribution in [1.82, 2.24) is 10.2 Å². The minimum absolute atomic E-state index is 0.0592. The number of amides is 1. The van der Waals surface area contributed by atoms with Gasteiger partial charge < -0.3 is 15.5 Å². The number of piperidine rings is 1. The zero-order valence-electron chi connectivity index (χ0n) is 12.1. The van der Waals surface area contributed by atoms with Crippen LogP contribution in [0.3, 0.4) is 0 Å². The number of benzene rings is 1. The van der Waals surface area contributed by atoms with Crippen molar-refractivity contribution in [2.45, 2.75) is 25.3 Å². The maximum atomic E-state index is 12.0. The summed E-state index contributed by atoms with van der Waals surface area (Å²) in [6.45, 7) is 4.22. The van der Waals surface area contributed by atoms with Gasteiger partial charge in [0.05, 0.1) is 0 Å². The van der Waals surface area contributed by atoms with Crippen LogP contribution >= 0.6 is 11.6 Å². The molecule has 2 fully saturated rings. The Morgan fingerprint density at radius 2 is 2.33 bits per heavy atom. The van der Waals surface area contributed by atoms with Crippen LogP contribution < -0.4 is 10.6 Å². The number of hydrogen-bond acceptors (Lipinski definition) is 3. The van der Waals surface area contributed by atoms with E-state index in [1.165, 1.54) is 12.8 Å². The largest absolute Gasteiger partial charge is 0.326 e. The molecule has 0 bridgehead atoms. The number of halogens is 1. The standard InChI is InChI=1S/C16H22ClN3O/c17-13-2-1-3-14(10-13)19-16(21)6-9-20-8-5-15-12(11-20)4-7-18-15/h1-3,10,12,15,18H,4-9,11H2,(H,19,21). The zero-order chi connectivity index (χ0) is 14.7. The monoisotopic (exact) mass is 307 g/mol. The van der Waals surface area contributed by atoms with E-state index in [1.54, 1.807) is 12.1 Å². The Bertz CT molecular complexity index is 508. The third-order valence-electron chi connectivity index (χ3n) is 4.50. The molecule has 2 unspecified atom stereocenters. The van der Waals surface area contributed by atoms with E-state index in [2.05, 4.69) is 15.5 Å². The first-order chi connectivity index (χ1) is 10.2. The first kappa shape index (κ1) is 14.8. The quantitative estimate of drug-likeness (QED) is 0.897. The Morgan fingerprint density at radius 1 is 1.43 bits per heavy atom. The van der Waals surface area contributed by atoms with Gasteiger partial charge in [-0.25, -0.2) is 0 Å². The number of rotatable bonds is 4. The van der Waals surface area contributed by atoms with Crippen LogP contribution in [0.2, 0.25) is 5.02 Å². The number of carbonyl (C=O) groups excluding carboxylic acids is 1. The molecule has 0 aromatic heterocycles. The number of fused-ring (bicyclic) bond motifs is 1. The molecule has 1 aromatic carbocycles. The van der Waals surface area contributed by atoms with Crippen LogP contribution in [-0.2, 0) is 4.79 Å². The predicted octanol–water partition coefficient (Wildman–Crippen LogP) is 2.35. The maximum absolute atomic E-state index is 12.0. The van der Waals surface area contributed by atoms with Gasteiger partial charge >= 0.3 is 0 Å². The fourth-order valence-corrected chi connectivity index (χ4v) is 3.57. The fourth-order valence-electron chi connectivity index (χ4n) is 3.38. The summed E-state index contributed by atoms with van der Waals surface area (Å²) in [5.41, 5.74) is 0.770. The van der Waals surface area contributed by atoms with Gasteiger partial charge in [-0.1, -0.05) is 17.7 Å². The molecule has 1 aromatic rings. The van der Waals surface area contributed by atoms with Gasteiger partial charge in [0.25, 0.3) is 0 Å². The van der Waals surface area contributed by atoms with Crippen molar-refractivity contribution in [3.63, 3.8) is 0 Å². The van der Waals surface area contributed by atoms with Crippen LogP contribution in [0.25, 0.3) is 0 Å². The third kappa shape index (κ3) is 3.96. The first-order valence-electron chi connectivity index (χ1n) is 7.72. The van der Waals surface area contributed by atoms with Crippen LogP contribution in [0.15, 0.2) is 24.3 Å². The number of hydrogen-bond donors (Lipinski definition) is 2. The Morgan fingerprint density at radius 3 is 3.19 bits per heavy atom. The van der Waals surface area contributed by atoms with Gasteiger partial charge in [-0.2, -0.15) is 0 Å². The van der Waals surface area contributed by atoms with Gasteiger partial charge in [0, 0.05) is 36.3 Å². The van der Waals surface area contributed by atoms with Gasteiger partial charge in [0.1, 0.15) is 0 Å². The summed E-state index contributed by atoms with van der Waals surface area (Å²) in [5, 5.41) is 7.11. The van der Waals surface area contributed by atoms with Crippen molar-refractivity contribution >= 4 is 23.2 Å². The van der Waals surface area contributed by atoms with Gasteiger partial charge in [-0.3, -0.25) is 4.79 Å². The maximum Gasteiger partial charge on any atom is 0.225 e. The Balaban J connectivity index is 1.43. The molecule has 0 spiro atoms. The molecule has 0 saturated carbocycles. The van der Waals surface area contributed by atoms with Crippen molar-refractivity contribution in [2.75, 3.05) is 31.5 Å². The second-order valence-electron chi connectivity index (χ2n) is 6.01. The minimum atomic E-state index is 0.0592. The van der Waals surface area contributed by atoms with Crippen molar-refractivity contribution in [3.05, 3.63) is 29.3 Å². The molecule has 0 radical (unpaired) electrons. The lowest BCUT2D eigenvalue weighted by molar-refractivity contribution is -0.116. The summed E-state index contributed by atoms with van der Waals surface area (Å²) >= 11 is 5.91. The molecule has 1 amide bonds. The van der Waals surface area contributed by atoms with E-state index in [9.17, 15) is 4.79 Å². The predicted molar refractivity (Wildman–Crippen MR) is 85.7 cm³/mol. The Kier molecular flexibility index (Phi) is 4.78. The second-order valence-corrected chi connectivity index (χ2v) is 6.44. The van der Waals surface area contributed by atoms with Gasteiger partial charge in [0.2, 0.25) is 5.91 Å². The van der Waals surface area contributed by atoms with Crippen molar-refractivity contribution < 1.29 is 4.79 Å². The number of nitrogens with zero attached hydrogens (tertiary/aromatic N) is 1. The van der Waals surface area contributed by atoms with Crippen molar-refractivity contribution in [1.29, 1.82) is 0 Å². The minimum Gasteiger partial charge on any atom is -0.326 e. The SMILES string of the molecule is O=C(CCN1CCC2NCCC2C1)Nc1cccc(Cl)c1. The highest BCUT2D eigenvalue weighted by Crippen LogP contribution is 2.24. The fraction of sp³-hybridized carbons (Fsp3) is 0.562. The molecule has 2 N–H and O–H groups in total. The van der Waals surface area contributed by atoms with Crippen LogP contribution in [-0.4, -0.2) is 43.0 Å². The number of nitrogens with one attached hydrogen (secondary N) is 2. The normalized spacial score (nSPS) is 25.6. The molecular weight excluding hydrogens is 286 g/mol. The average molecular weight is 308 g/mol. The summed E-state index contributed by atoms with van der Waals surface area (Å²) < 4.78 is 0. The topological polar surface area (TPSA) is 44.4 Å². The summed E-state index contributed by atoms with van der Waals surface area (Å²) in [7, 11) is 0. The molecular formula is C16H22ClN3O. The highest BCUT2D eigenvalue weighted by molar-refractivity contribution is 6.30. The van der Waals surface area contributed by atoms with E-state index in [1.807, 2.05) is 12.1 Å². The first-order valence-corrected chi connectivity index (χ1v) is 8.09. The van der Waals surface area contributed by atoms with Crippen LogP contribution in [0, 0.1) is 5.92 Å². The summed E-state index contributed by atoms with van der Waals surface area (Å²) in [6.07, 6.45) is 3.02. The lowest BCUT2D eigenvalue weighted by atomic mass is 9.93. The smallest absolute Gasteiger partial charge is 0.225 e. The van der Waals surface area contributed by atoms with E-state index in [0.29, 0.717) is 17.5 Å². The van der Waals surface area contributed by atoms with E-state index in [0.717, 1.165) is 37.8 Å². The van der Waals surface area contributed by atoms with Gasteiger partial charge in [-0.05, 0) is 50.0 Å². The van der Waals surface area contributed by atoms with E-state index in [-0.39, 0.29) is 5.91 Å². The summed E-state index contributed by atoms with van der Waals surface area (Å²) in [6, 6.07) is 7.99. The molecule has 2 aliphatic heterocycles. The van der Waals surface area contributed by atoms with Crippen LogP contribution in [0.4, 0.5) is 5.69 Å². The lowest BCUT2D eigenvalue weighted by Gasteiger charge is -2.34. The van der Waals surface area contributed by atoms with E-state index < -0.39 is 0 Å². The molecule has 2 atom stereocenters. The summed E-state index contributed by atoms with van der Waals surface area (Å²) in [5.74, 6) is 0.832. The van der Waals surface area contributed by atoms with Gasteiger partial charge in [-0.15, -0.1) is 0 Å². The number of likely N-dealkylation sites (tertiary alicyclic amines) is 1. The third-order valence-corrected chi connectivity index (χ3v) is 4.74. The lowest BCUT2D eigenvalue weighted by Crippen LogP contribution is -2.45. The van der Waals surface area contributed by atoms with E-state index >= 15 is 0 Å². The van der Waals surface area contributed by atoms with Crippen molar-refractivity contribution in [2.24, 2.45) is 5.92 Å². The Labute approximate surface area is 130 Å². The molecule has 2 aliphatic rings. The van der Waals surface area contributed by atoms with Crippen LogP contribution in [0.5, 0.6) is 0 Å². The molecule has 21 heavy (non-hydrogen) atoms. The van der Waals surface area contributed by atoms with Crippen LogP contribution in [0.1, 0.15) is 19.3 Å².